The van der Waals surface area contributed by atoms with Gasteiger partial charge in [0.25, 0.3) is 5.91 Å². The highest BCUT2D eigenvalue weighted by Crippen LogP contribution is 2.09. The number of rotatable bonds is 7. The molecule has 0 saturated carbocycles. The first-order valence-corrected chi connectivity index (χ1v) is 7.09. The van der Waals surface area contributed by atoms with Crippen molar-refractivity contribution in [2.75, 3.05) is 13.7 Å². The van der Waals surface area contributed by atoms with Crippen LogP contribution in [0.3, 0.4) is 0 Å². The van der Waals surface area contributed by atoms with Gasteiger partial charge in [-0.1, -0.05) is 38.5 Å². The number of carbonyl (C=O) groups is 3. The van der Waals surface area contributed by atoms with E-state index in [1.807, 2.05) is 13.8 Å². The first kappa shape index (κ1) is 17.7. The molecule has 0 aliphatic heterocycles. The summed E-state index contributed by atoms with van der Waals surface area (Å²) in [5, 5.41) is 2.53. The number of benzene rings is 1. The fraction of sp³-hybridized carbons (Fsp3) is 0.438. The molecule has 0 aliphatic carbocycles. The molecule has 6 nitrogen and oxygen atoms in total. The van der Waals surface area contributed by atoms with Crippen LogP contribution in [0, 0.1) is 5.92 Å². The molecule has 0 aromatic heterocycles. The molecule has 120 valence electrons. The Kier molecular flexibility index (Phi) is 7.08. The van der Waals surface area contributed by atoms with E-state index in [0.717, 1.165) is 0 Å². The van der Waals surface area contributed by atoms with Gasteiger partial charge in [0.15, 0.2) is 6.61 Å². The van der Waals surface area contributed by atoms with Crippen LogP contribution in [0.2, 0.25) is 0 Å². The van der Waals surface area contributed by atoms with E-state index < -0.39 is 30.5 Å². The van der Waals surface area contributed by atoms with Crippen LogP contribution in [-0.4, -0.2) is 37.6 Å². The van der Waals surface area contributed by atoms with Crippen LogP contribution in [0.15, 0.2) is 30.3 Å². The average molecular weight is 307 g/mol. The van der Waals surface area contributed by atoms with Crippen LogP contribution in [-0.2, 0) is 19.1 Å². The Labute approximate surface area is 129 Å². The van der Waals surface area contributed by atoms with Crippen molar-refractivity contribution in [2.45, 2.75) is 26.3 Å². The molecule has 0 aliphatic rings. The standard InChI is InChI=1S/C16H21NO5/c1-4-11(2)14(16(20)21-3)17-13(18)10-22-15(19)12-8-6-5-7-9-12/h5-9,11,14H,4,10H2,1-3H3,(H,17,18)/t11-,14-/m1/s1. The lowest BCUT2D eigenvalue weighted by atomic mass is 9.99. The Morgan fingerprint density at radius 1 is 1.18 bits per heavy atom. The highest BCUT2D eigenvalue weighted by molar-refractivity contribution is 5.92. The first-order chi connectivity index (χ1) is 10.5. The summed E-state index contributed by atoms with van der Waals surface area (Å²) in [6, 6.07) is 7.61. The predicted octanol–water partition coefficient (Wildman–Crippen LogP) is 1.55. The molecule has 0 fully saturated rings. The van der Waals surface area contributed by atoms with E-state index in [4.69, 9.17) is 4.74 Å². The van der Waals surface area contributed by atoms with Gasteiger partial charge in [0, 0.05) is 0 Å². The van der Waals surface area contributed by atoms with Gasteiger partial charge < -0.3 is 14.8 Å². The molecule has 2 atom stereocenters. The topological polar surface area (TPSA) is 81.7 Å². The van der Waals surface area contributed by atoms with Crippen molar-refractivity contribution in [3.8, 4) is 0 Å². The summed E-state index contributed by atoms with van der Waals surface area (Å²) >= 11 is 0. The third-order valence-corrected chi connectivity index (χ3v) is 3.33. The highest BCUT2D eigenvalue weighted by atomic mass is 16.5. The summed E-state index contributed by atoms with van der Waals surface area (Å²) in [4.78, 5) is 35.2. The molecular weight excluding hydrogens is 286 g/mol. The lowest BCUT2D eigenvalue weighted by Crippen LogP contribution is -2.47. The highest BCUT2D eigenvalue weighted by Gasteiger charge is 2.26. The SMILES string of the molecule is CC[C@@H](C)[C@@H](NC(=O)COC(=O)c1ccccc1)C(=O)OC. The van der Waals surface area contributed by atoms with E-state index >= 15 is 0 Å². The van der Waals surface area contributed by atoms with Gasteiger partial charge in [-0.15, -0.1) is 0 Å². The number of hydrogen-bond donors (Lipinski definition) is 1. The fourth-order valence-corrected chi connectivity index (χ4v) is 1.80. The molecule has 0 unspecified atom stereocenters. The molecule has 6 heteroatoms. The minimum absolute atomic E-state index is 0.0822. The second-order valence-electron chi connectivity index (χ2n) is 4.90. The average Bonchev–Trinajstić information content (AvgIpc) is 2.56. The van der Waals surface area contributed by atoms with Crippen molar-refractivity contribution in [2.24, 2.45) is 5.92 Å². The van der Waals surface area contributed by atoms with E-state index in [9.17, 15) is 14.4 Å². The third kappa shape index (κ3) is 5.20. The van der Waals surface area contributed by atoms with Crippen LogP contribution in [0.4, 0.5) is 0 Å². The summed E-state index contributed by atoms with van der Waals surface area (Å²) in [6.07, 6.45) is 0.698. The molecule has 1 rings (SSSR count). The van der Waals surface area contributed by atoms with Crippen molar-refractivity contribution in [3.63, 3.8) is 0 Å². The maximum Gasteiger partial charge on any atom is 0.338 e. The van der Waals surface area contributed by atoms with Gasteiger partial charge in [0.2, 0.25) is 0 Å². The van der Waals surface area contributed by atoms with Gasteiger partial charge in [0.05, 0.1) is 12.7 Å². The van der Waals surface area contributed by atoms with Crippen molar-refractivity contribution >= 4 is 17.8 Å². The van der Waals surface area contributed by atoms with Gasteiger partial charge in [-0.3, -0.25) is 4.79 Å². The molecule has 1 aromatic carbocycles. The Morgan fingerprint density at radius 2 is 1.82 bits per heavy atom. The van der Waals surface area contributed by atoms with Gasteiger partial charge >= 0.3 is 11.9 Å². The first-order valence-electron chi connectivity index (χ1n) is 7.09. The molecule has 1 N–H and O–H groups in total. The molecule has 22 heavy (non-hydrogen) atoms. The van der Waals surface area contributed by atoms with Crippen LogP contribution >= 0.6 is 0 Å². The predicted molar refractivity (Wildman–Crippen MR) is 80.1 cm³/mol. The number of ether oxygens (including phenoxy) is 2. The maximum absolute atomic E-state index is 11.8. The number of nitrogens with one attached hydrogen (secondary N) is 1. The van der Waals surface area contributed by atoms with Gasteiger partial charge in [-0.05, 0) is 18.1 Å². The largest absolute Gasteiger partial charge is 0.467 e. The molecule has 1 aromatic rings. The van der Waals surface area contributed by atoms with Gasteiger partial charge in [0.1, 0.15) is 6.04 Å². The van der Waals surface area contributed by atoms with Crippen molar-refractivity contribution in [1.29, 1.82) is 0 Å². The Hall–Kier alpha value is -2.37. The van der Waals surface area contributed by atoms with E-state index in [2.05, 4.69) is 10.1 Å². The quantitative estimate of drug-likeness (QED) is 0.773. The number of methoxy groups -OCH3 is 1. The van der Waals surface area contributed by atoms with Crippen molar-refractivity contribution < 1.29 is 23.9 Å². The molecule has 0 bridgehead atoms. The van der Waals surface area contributed by atoms with Crippen LogP contribution in [0.1, 0.15) is 30.6 Å². The Morgan fingerprint density at radius 3 is 2.36 bits per heavy atom. The minimum Gasteiger partial charge on any atom is -0.467 e. The van der Waals surface area contributed by atoms with E-state index in [0.29, 0.717) is 12.0 Å². The Bertz CT molecular complexity index is 515. The molecular formula is C16H21NO5. The summed E-state index contributed by atoms with van der Waals surface area (Å²) in [6.45, 7) is 3.29. The molecule has 1 amide bonds. The second-order valence-corrected chi connectivity index (χ2v) is 4.90. The minimum atomic E-state index is -0.752. The zero-order valence-electron chi connectivity index (χ0n) is 13.0. The number of carbonyl (C=O) groups excluding carboxylic acids is 3. The summed E-state index contributed by atoms with van der Waals surface area (Å²) in [7, 11) is 1.26. The monoisotopic (exact) mass is 307 g/mol. The molecule has 0 spiro atoms. The van der Waals surface area contributed by atoms with Gasteiger partial charge in [-0.2, -0.15) is 0 Å². The summed E-state index contributed by atoms with van der Waals surface area (Å²) < 4.78 is 9.58. The van der Waals surface area contributed by atoms with E-state index in [1.54, 1.807) is 30.3 Å². The maximum atomic E-state index is 11.8. The van der Waals surface area contributed by atoms with Crippen LogP contribution < -0.4 is 5.32 Å². The third-order valence-electron chi connectivity index (χ3n) is 3.33. The number of amides is 1. The zero-order chi connectivity index (χ0) is 16.5. The number of hydrogen-bond acceptors (Lipinski definition) is 5. The fourth-order valence-electron chi connectivity index (χ4n) is 1.80. The summed E-state index contributed by atoms with van der Waals surface area (Å²) in [5.74, 6) is -1.73. The van der Waals surface area contributed by atoms with Crippen LogP contribution in [0.5, 0.6) is 0 Å². The van der Waals surface area contributed by atoms with Crippen LogP contribution in [0.25, 0.3) is 0 Å². The smallest absolute Gasteiger partial charge is 0.338 e. The second kappa shape index (κ2) is 8.81. The summed E-state index contributed by atoms with van der Waals surface area (Å²) in [5.41, 5.74) is 0.363. The van der Waals surface area contributed by atoms with E-state index in [-0.39, 0.29) is 5.92 Å². The van der Waals surface area contributed by atoms with E-state index in [1.165, 1.54) is 7.11 Å². The normalized spacial score (nSPS) is 12.9. The van der Waals surface area contributed by atoms with Crippen molar-refractivity contribution in [3.05, 3.63) is 35.9 Å². The number of esters is 2. The molecule has 0 saturated heterocycles. The molecule has 0 heterocycles. The molecule has 0 radical (unpaired) electrons. The Balaban J connectivity index is 2.54. The van der Waals surface area contributed by atoms with Gasteiger partial charge in [-0.25, -0.2) is 9.59 Å². The zero-order valence-corrected chi connectivity index (χ0v) is 13.0. The lowest BCUT2D eigenvalue weighted by molar-refractivity contribution is -0.147. The van der Waals surface area contributed by atoms with Crippen molar-refractivity contribution in [1.82, 2.24) is 5.32 Å². The lowest BCUT2D eigenvalue weighted by Gasteiger charge is -2.21.